The Morgan fingerprint density at radius 2 is 0.917 bits per heavy atom. The minimum atomic E-state index is -0.151. The molecule has 0 saturated heterocycles. The van der Waals surface area contributed by atoms with Gasteiger partial charge in [-0.1, -0.05) is 25.7 Å². The molecule has 0 radical (unpaired) electrons. The zero-order valence-corrected chi connectivity index (χ0v) is 7.71. The van der Waals surface area contributed by atoms with E-state index in [1.165, 1.54) is 12.8 Å². The van der Waals surface area contributed by atoms with Crippen LogP contribution in [0.5, 0.6) is 0 Å². The Bertz CT molecular complexity index is 81.1. The average Bonchev–Trinajstić information content (AvgIpc) is 1.95. The molecule has 0 spiro atoms. The first-order chi connectivity index (χ1) is 5.63. The third-order valence-corrected chi connectivity index (χ3v) is 1.82. The third kappa shape index (κ3) is 9.84. The lowest BCUT2D eigenvalue weighted by Crippen LogP contribution is -2.30. The van der Waals surface area contributed by atoms with Crippen molar-refractivity contribution in [2.75, 3.05) is 0 Å². The van der Waals surface area contributed by atoms with Gasteiger partial charge in [0.1, 0.15) is 0 Å². The number of unbranched alkanes of at least 4 members (excludes halogenated alkanes) is 3. The summed E-state index contributed by atoms with van der Waals surface area (Å²) in [7, 11) is 0. The molecule has 0 rings (SSSR count). The third-order valence-electron chi connectivity index (χ3n) is 1.82. The van der Waals surface area contributed by atoms with Crippen molar-refractivity contribution < 1.29 is 0 Å². The highest BCUT2D eigenvalue weighted by Gasteiger charge is 1.96. The highest BCUT2D eigenvalue weighted by molar-refractivity contribution is 4.54. The maximum absolute atomic E-state index is 5.39. The Morgan fingerprint density at radius 1 is 0.583 bits per heavy atom. The van der Waals surface area contributed by atoms with Gasteiger partial charge in [-0.25, -0.2) is 0 Å². The van der Waals surface area contributed by atoms with Crippen LogP contribution >= 0.6 is 0 Å². The molecule has 0 atom stereocenters. The molecule has 0 aliphatic carbocycles. The van der Waals surface area contributed by atoms with E-state index in [1.807, 2.05) is 0 Å². The summed E-state index contributed by atoms with van der Waals surface area (Å²) in [5.74, 6) is 0. The lowest BCUT2D eigenvalue weighted by Gasteiger charge is -2.06. The molecule has 0 amide bonds. The van der Waals surface area contributed by atoms with E-state index >= 15 is 0 Å². The smallest absolute Gasteiger partial charge is 0.0520 e. The maximum atomic E-state index is 5.39. The Morgan fingerprint density at radius 3 is 1.17 bits per heavy atom. The molecule has 0 bridgehead atoms. The van der Waals surface area contributed by atoms with Crippen LogP contribution in [0, 0.1) is 0 Å². The molecule has 4 nitrogen and oxygen atoms in total. The summed E-state index contributed by atoms with van der Waals surface area (Å²) in [6.07, 6.45) is 6.09. The molecule has 0 aromatic rings. The molecule has 4 heteroatoms. The summed E-state index contributed by atoms with van der Waals surface area (Å²) < 4.78 is 0. The molecule has 0 heterocycles. The van der Waals surface area contributed by atoms with Gasteiger partial charge in [-0.15, -0.1) is 0 Å². The SMILES string of the molecule is NC(N)CCCCCCC(N)N. The second-order valence-electron chi connectivity index (χ2n) is 3.32. The van der Waals surface area contributed by atoms with E-state index in [-0.39, 0.29) is 12.3 Å². The fourth-order valence-electron chi connectivity index (χ4n) is 1.11. The summed E-state index contributed by atoms with van der Waals surface area (Å²) >= 11 is 0. The van der Waals surface area contributed by atoms with Crippen molar-refractivity contribution in [3.8, 4) is 0 Å². The van der Waals surface area contributed by atoms with Crippen molar-refractivity contribution in [3.63, 3.8) is 0 Å². The second-order valence-corrected chi connectivity index (χ2v) is 3.32. The van der Waals surface area contributed by atoms with Gasteiger partial charge in [-0.2, -0.15) is 0 Å². The van der Waals surface area contributed by atoms with E-state index in [9.17, 15) is 0 Å². The van der Waals surface area contributed by atoms with Gasteiger partial charge in [0.15, 0.2) is 0 Å². The highest BCUT2D eigenvalue weighted by Crippen LogP contribution is 2.05. The first-order valence-corrected chi connectivity index (χ1v) is 4.65. The molecule has 0 saturated carbocycles. The molecule has 8 N–H and O–H groups in total. The summed E-state index contributed by atoms with van der Waals surface area (Å²) in [6, 6.07) is 0. The molecule has 0 aromatic heterocycles. The minimum Gasteiger partial charge on any atom is -0.316 e. The second kappa shape index (κ2) is 7.49. The Balaban J connectivity index is 2.91. The number of hydrogen-bond acceptors (Lipinski definition) is 4. The van der Waals surface area contributed by atoms with E-state index < -0.39 is 0 Å². The van der Waals surface area contributed by atoms with Gasteiger partial charge in [-0.3, -0.25) is 0 Å². The van der Waals surface area contributed by atoms with E-state index in [0.29, 0.717) is 0 Å². The van der Waals surface area contributed by atoms with E-state index in [0.717, 1.165) is 25.7 Å². The zero-order chi connectivity index (χ0) is 9.40. The van der Waals surface area contributed by atoms with Crippen LogP contribution in [0.15, 0.2) is 0 Å². The van der Waals surface area contributed by atoms with Crippen molar-refractivity contribution in [2.24, 2.45) is 22.9 Å². The van der Waals surface area contributed by atoms with Crippen LogP contribution in [0.25, 0.3) is 0 Å². The molecule has 0 aliphatic heterocycles. The molecule has 0 fully saturated rings. The molecule has 0 aliphatic rings. The quantitative estimate of drug-likeness (QED) is 0.317. The summed E-state index contributed by atoms with van der Waals surface area (Å²) in [4.78, 5) is 0. The Hall–Kier alpha value is -0.160. The molecule has 0 aromatic carbocycles. The molecule has 12 heavy (non-hydrogen) atoms. The lowest BCUT2D eigenvalue weighted by molar-refractivity contribution is 0.522. The van der Waals surface area contributed by atoms with Gasteiger partial charge in [0.05, 0.1) is 12.3 Å². The van der Waals surface area contributed by atoms with Crippen molar-refractivity contribution in [2.45, 2.75) is 50.9 Å². The van der Waals surface area contributed by atoms with Gasteiger partial charge in [0, 0.05) is 0 Å². The Labute approximate surface area is 74.7 Å². The van der Waals surface area contributed by atoms with Gasteiger partial charge in [0.25, 0.3) is 0 Å². The highest BCUT2D eigenvalue weighted by atomic mass is 14.8. The largest absolute Gasteiger partial charge is 0.316 e. The Kier molecular flexibility index (Phi) is 7.39. The molecule has 74 valence electrons. The normalized spacial score (nSPS) is 11.5. The van der Waals surface area contributed by atoms with Crippen molar-refractivity contribution in [1.82, 2.24) is 0 Å². The van der Waals surface area contributed by atoms with Gasteiger partial charge in [-0.05, 0) is 12.8 Å². The number of nitrogens with two attached hydrogens (primary N) is 4. The standard InChI is InChI=1S/C8H22N4/c9-7(10)5-3-1-2-4-6-8(11)12/h7-8H,1-6,9-12H2. The van der Waals surface area contributed by atoms with Crippen LogP contribution in [0.2, 0.25) is 0 Å². The van der Waals surface area contributed by atoms with Gasteiger partial charge < -0.3 is 22.9 Å². The summed E-state index contributed by atoms with van der Waals surface area (Å²) in [5.41, 5.74) is 21.6. The van der Waals surface area contributed by atoms with Crippen molar-refractivity contribution in [3.05, 3.63) is 0 Å². The van der Waals surface area contributed by atoms with E-state index in [1.54, 1.807) is 0 Å². The topological polar surface area (TPSA) is 104 Å². The lowest BCUT2D eigenvalue weighted by atomic mass is 10.1. The first kappa shape index (κ1) is 11.8. The van der Waals surface area contributed by atoms with Gasteiger partial charge >= 0.3 is 0 Å². The van der Waals surface area contributed by atoms with Crippen LogP contribution in [0.4, 0.5) is 0 Å². The summed E-state index contributed by atoms with van der Waals surface area (Å²) in [5, 5.41) is 0. The van der Waals surface area contributed by atoms with Crippen molar-refractivity contribution in [1.29, 1.82) is 0 Å². The maximum Gasteiger partial charge on any atom is 0.0520 e. The van der Waals surface area contributed by atoms with Crippen LogP contribution in [-0.2, 0) is 0 Å². The number of rotatable bonds is 7. The predicted octanol–water partition coefficient (Wildman–Crippen LogP) is -0.186. The van der Waals surface area contributed by atoms with Crippen molar-refractivity contribution >= 4 is 0 Å². The van der Waals surface area contributed by atoms with E-state index in [2.05, 4.69) is 0 Å². The summed E-state index contributed by atoms with van der Waals surface area (Å²) in [6.45, 7) is 0. The van der Waals surface area contributed by atoms with Crippen LogP contribution < -0.4 is 22.9 Å². The monoisotopic (exact) mass is 174 g/mol. The van der Waals surface area contributed by atoms with E-state index in [4.69, 9.17) is 22.9 Å². The fraction of sp³-hybridized carbons (Fsp3) is 1.00. The van der Waals surface area contributed by atoms with Crippen LogP contribution in [-0.4, -0.2) is 12.3 Å². The first-order valence-electron chi connectivity index (χ1n) is 4.65. The average molecular weight is 174 g/mol. The van der Waals surface area contributed by atoms with Crippen LogP contribution in [0.3, 0.4) is 0 Å². The number of hydrogen-bond donors (Lipinski definition) is 4. The molecular weight excluding hydrogens is 152 g/mol. The minimum absolute atomic E-state index is 0.151. The molecular formula is C8H22N4. The van der Waals surface area contributed by atoms with Gasteiger partial charge in [0.2, 0.25) is 0 Å². The molecule has 0 unspecified atom stereocenters. The zero-order valence-electron chi connectivity index (χ0n) is 7.71. The predicted molar refractivity (Wildman–Crippen MR) is 52.0 cm³/mol. The fourth-order valence-corrected chi connectivity index (χ4v) is 1.11. The van der Waals surface area contributed by atoms with Crippen LogP contribution in [0.1, 0.15) is 38.5 Å².